The van der Waals surface area contributed by atoms with Crippen LogP contribution in [0.25, 0.3) is 0 Å². The first-order chi connectivity index (χ1) is 13.5. The lowest BCUT2D eigenvalue weighted by atomic mass is 10.3. The van der Waals surface area contributed by atoms with Crippen LogP contribution in [0.3, 0.4) is 0 Å². The Kier molecular flexibility index (Phi) is 5.36. The molecule has 1 fully saturated rings. The molecule has 2 aliphatic rings. The van der Waals surface area contributed by atoms with Gasteiger partial charge in [0, 0.05) is 31.3 Å². The van der Waals surface area contributed by atoms with Gasteiger partial charge in [-0.15, -0.1) is 0 Å². The van der Waals surface area contributed by atoms with Gasteiger partial charge in [-0.25, -0.2) is 23.1 Å². The molecule has 0 saturated carbocycles. The highest BCUT2D eigenvalue weighted by Crippen LogP contribution is 2.31. The first-order valence-electron chi connectivity index (χ1n) is 9.50. The molecule has 0 aliphatic carbocycles. The average molecular weight is 404 g/mol. The van der Waals surface area contributed by atoms with E-state index < -0.39 is 10.0 Å². The van der Waals surface area contributed by atoms with Crippen LogP contribution in [0.2, 0.25) is 0 Å². The monoisotopic (exact) mass is 404 g/mol. The van der Waals surface area contributed by atoms with E-state index in [2.05, 4.69) is 19.6 Å². The zero-order valence-corrected chi connectivity index (χ0v) is 16.7. The summed E-state index contributed by atoms with van der Waals surface area (Å²) in [6, 6.07) is 6.46. The number of aromatic nitrogens is 2. The zero-order valence-electron chi connectivity index (χ0n) is 15.8. The van der Waals surface area contributed by atoms with Crippen molar-refractivity contribution in [3.63, 3.8) is 0 Å². The van der Waals surface area contributed by atoms with Crippen LogP contribution in [0.4, 0.5) is 5.95 Å². The normalized spacial score (nSPS) is 16.8. The molecule has 4 rings (SSSR count). The van der Waals surface area contributed by atoms with Gasteiger partial charge in [-0.05, 0) is 38.0 Å². The van der Waals surface area contributed by atoms with Gasteiger partial charge in [-0.1, -0.05) is 0 Å². The summed E-state index contributed by atoms with van der Waals surface area (Å²) in [7, 11) is -3.71. The molecule has 0 radical (unpaired) electrons. The van der Waals surface area contributed by atoms with Crippen molar-refractivity contribution in [2.75, 3.05) is 31.2 Å². The van der Waals surface area contributed by atoms with Crippen molar-refractivity contribution in [2.24, 2.45) is 0 Å². The fourth-order valence-corrected chi connectivity index (χ4v) is 4.34. The summed E-state index contributed by atoms with van der Waals surface area (Å²) in [6.07, 6.45) is 3.02. The summed E-state index contributed by atoms with van der Waals surface area (Å²) in [5.41, 5.74) is 1.47. The molecule has 9 heteroatoms. The number of hydrogen-bond donors (Lipinski definition) is 1. The van der Waals surface area contributed by atoms with Crippen LogP contribution in [0.1, 0.15) is 30.7 Å². The number of aryl methyl sites for hydroxylation is 1. The first-order valence-corrected chi connectivity index (χ1v) is 11.0. The third-order valence-electron chi connectivity index (χ3n) is 4.76. The van der Waals surface area contributed by atoms with Crippen molar-refractivity contribution < 1.29 is 17.9 Å². The van der Waals surface area contributed by atoms with Crippen LogP contribution >= 0.6 is 0 Å². The molecular weight excluding hydrogens is 380 g/mol. The third-order valence-corrected chi connectivity index (χ3v) is 6.16. The Morgan fingerprint density at radius 1 is 1.04 bits per heavy atom. The zero-order chi connectivity index (χ0) is 19.6. The van der Waals surface area contributed by atoms with Crippen molar-refractivity contribution in [1.29, 1.82) is 0 Å². The van der Waals surface area contributed by atoms with Gasteiger partial charge in [0.15, 0.2) is 11.5 Å². The minimum absolute atomic E-state index is 0.0982. The predicted octanol–water partition coefficient (Wildman–Crippen LogP) is 2.03. The third kappa shape index (κ3) is 4.20. The summed E-state index contributed by atoms with van der Waals surface area (Å²) in [6.45, 7) is 4.93. The molecule has 3 heterocycles. The fourth-order valence-electron chi connectivity index (χ4n) is 3.33. The van der Waals surface area contributed by atoms with Gasteiger partial charge in [-0.3, -0.25) is 0 Å². The van der Waals surface area contributed by atoms with E-state index in [-0.39, 0.29) is 11.4 Å². The number of fused-ring (bicyclic) bond motifs is 1. The van der Waals surface area contributed by atoms with Gasteiger partial charge >= 0.3 is 0 Å². The van der Waals surface area contributed by atoms with E-state index in [0.29, 0.717) is 36.4 Å². The number of ether oxygens (including phenoxy) is 2. The molecule has 0 unspecified atom stereocenters. The van der Waals surface area contributed by atoms with E-state index in [1.165, 1.54) is 12.1 Å². The topological polar surface area (TPSA) is 93.7 Å². The van der Waals surface area contributed by atoms with Gasteiger partial charge in [-0.2, -0.15) is 0 Å². The maximum atomic E-state index is 12.7. The van der Waals surface area contributed by atoms with E-state index in [4.69, 9.17) is 9.47 Å². The Balaban J connectivity index is 1.50. The minimum atomic E-state index is -3.71. The molecule has 1 saturated heterocycles. The lowest BCUT2D eigenvalue weighted by molar-refractivity contribution is 0.297. The van der Waals surface area contributed by atoms with Crippen molar-refractivity contribution in [1.82, 2.24) is 14.7 Å². The highest BCUT2D eigenvalue weighted by Gasteiger charge is 2.20. The molecule has 8 nitrogen and oxygen atoms in total. The molecular formula is C19H24N4O4S. The number of benzene rings is 1. The molecule has 2 aromatic rings. The molecule has 0 atom stereocenters. The van der Waals surface area contributed by atoms with Crippen LogP contribution in [0.5, 0.6) is 11.5 Å². The number of nitrogens with zero attached hydrogens (tertiary/aromatic N) is 3. The molecule has 1 N–H and O–H groups in total. The smallest absolute Gasteiger partial charge is 0.241 e. The molecule has 0 amide bonds. The summed E-state index contributed by atoms with van der Waals surface area (Å²) in [4.78, 5) is 11.3. The minimum Gasteiger partial charge on any atom is -0.490 e. The maximum Gasteiger partial charge on any atom is 0.241 e. The van der Waals surface area contributed by atoms with E-state index in [1.54, 1.807) is 12.1 Å². The fraction of sp³-hybridized carbons (Fsp3) is 0.474. The Labute approximate surface area is 164 Å². The van der Waals surface area contributed by atoms with Crippen molar-refractivity contribution in [3.8, 4) is 11.5 Å². The molecule has 28 heavy (non-hydrogen) atoms. The molecule has 0 bridgehead atoms. The van der Waals surface area contributed by atoms with Gasteiger partial charge in [0.05, 0.1) is 30.3 Å². The van der Waals surface area contributed by atoms with Crippen LogP contribution in [-0.4, -0.2) is 44.7 Å². The van der Waals surface area contributed by atoms with Crippen molar-refractivity contribution >= 4 is 16.0 Å². The van der Waals surface area contributed by atoms with E-state index in [1.807, 2.05) is 6.92 Å². The summed E-state index contributed by atoms with van der Waals surface area (Å²) >= 11 is 0. The lowest BCUT2D eigenvalue weighted by Crippen LogP contribution is -2.25. The predicted molar refractivity (Wildman–Crippen MR) is 104 cm³/mol. The van der Waals surface area contributed by atoms with Gasteiger partial charge in [0.2, 0.25) is 16.0 Å². The lowest BCUT2D eigenvalue weighted by Gasteiger charge is -2.16. The highest BCUT2D eigenvalue weighted by molar-refractivity contribution is 7.89. The van der Waals surface area contributed by atoms with E-state index >= 15 is 0 Å². The van der Waals surface area contributed by atoms with Crippen molar-refractivity contribution in [3.05, 3.63) is 35.7 Å². The van der Waals surface area contributed by atoms with Gasteiger partial charge in [0.25, 0.3) is 0 Å². The average Bonchev–Trinajstić information content (AvgIpc) is 3.11. The van der Waals surface area contributed by atoms with E-state index in [0.717, 1.165) is 38.0 Å². The molecule has 150 valence electrons. The quantitative estimate of drug-likeness (QED) is 0.815. The van der Waals surface area contributed by atoms with Gasteiger partial charge < -0.3 is 14.4 Å². The summed E-state index contributed by atoms with van der Waals surface area (Å²) < 4.78 is 39.3. The second-order valence-corrected chi connectivity index (χ2v) is 8.75. The van der Waals surface area contributed by atoms with E-state index in [9.17, 15) is 8.42 Å². The summed E-state index contributed by atoms with van der Waals surface area (Å²) in [5.74, 6) is 1.69. The van der Waals surface area contributed by atoms with Crippen molar-refractivity contribution in [2.45, 2.75) is 37.6 Å². The van der Waals surface area contributed by atoms with Crippen LogP contribution < -0.4 is 19.1 Å². The van der Waals surface area contributed by atoms with Crippen LogP contribution in [0.15, 0.2) is 29.2 Å². The first kappa shape index (κ1) is 18.9. The number of anilines is 1. The van der Waals surface area contributed by atoms with Crippen LogP contribution in [-0.2, 0) is 16.6 Å². The second-order valence-electron chi connectivity index (χ2n) is 6.98. The standard InChI is InChI=1S/C19H24N4O4S/c1-14-11-15(22-19(21-14)23-7-2-3-8-23)13-20-28(24,25)16-5-6-17-18(12-16)27-10-4-9-26-17/h5-6,11-12,20H,2-4,7-10,13H2,1H3. The van der Waals surface area contributed by atoms with Gasteiger partial charge in [0.1, 0.15) is 0 Å². The molecule has 1 aromatic carbocycles. The number of rotatable bonds is 5. The SMILES string of the molecule is Cc1cc(CNS(=O)(=O)c2ccc3c(c2)OCCCO3)nc(N2CCCC2)n1. The Hall–Kier alpha value is -2.39. The molecule has 1 aromatic heterocycles. The molecule has 0 spiro atoms. The number of sulfonamides is 1. The van der Waals surface area contributed by atoms with Crippen LogP contribution in [0, 0.1) is 6.92 Å². The Bertz CT molecular complexity index is 958. The highest BCUT2D eigenvalue weighted by atomic mass is 32.2. The second kappa shape index (κ2) is 7.92. The Morgan fingerprint density at radius 3 is 2.57 bits per heavy atom. The number of hydrogen-bond acceptors (Lipinski definition) is 7. The molecule has 2 aliphatic heterocycles. The summed E-state index contributed by atoms with van der Waals surface area (Å²) in [5, 5.41) is 0. The maximum absolute atomic E-state index is 12.7. The largest absolute Gasteiger partial charge is 0.490 e. The number of nitrogens with one attached hydrogen (secondary N) is 1. The Morgan fingerprint density at radius 2 is 1.79 bits per heavy atom.